The van der Waals surface area contributed by atoms with Gasteiger partial charge in [-0.2, -0.15) is 13.2 Å². The van der Waals surface area contributed by atoms with Gasteiger partial charge in [-0.3, -0.25) is 0 Å². The van der Waals surface area contributed by atoms with E-state index >= 15 is 0 Å². The Morgan fingerprint density at radius 2 is 2.07 bits per heavy atom. The molecule has 2 heterocycles. The molecule has 1 aromatic heterocycles. The van der Waals surface area contributed by atoms with Crippen molar-refractivity contribution in [3.05, 3.63) is 41.2 Å². The number of piperidine rings is 1. The number of nitrogens with zero attached hydrogens (tertiary/aromatic N) is 5. The third-order valence-corrected chi connectivity index (χ3v) is 5.25. The lowest BCUT2D eigenvalue weighted by Gasteiger charge is -2.32. The molecule has 0 bridgehead atoms. The van der Waals surface area contributed by atoms with Crippen LogP contribution in [0.5, 0.6) is 0 Å². The number of halogens is 3. The summed E-state index contributed by atoms with van der Waals surface area (Å²) >= 11 is 0. The second kappa shape index (κ2) is 8.82. The molecule has 27 heavy (non-hydrogen) atoms. The standard InChI is InChI=1S/C19H26F3N5/c1-15-23-24-25-27(15)12-4-11-26-10-3-6-17(14-26)9-8-16-5-2-7-18(13-16)19(20,21)22/h2,5,7,13,17H,3-4,6,8-12,14H2,1H3/t17-/m1/s1. The average molecular weight is 381 g/mol. The summed E-state index contributed by atoms with van der Waals surface area (Å²) < 4.78 is 40.3. The van der Waals surface area contributed by atoms with Gasteiger partial charge < -0.3 is 4.90 Å². The van der Waals surface area contributed by atoms with Crippen molar-refractivity contribution in [2.24, 2.45) is 5.92 Å². The van der Waals surface area contributed by atoms with Gasteiger partial charge in [0.1, 0.15) is 5.82 Å². The molecule has 1 fully saturated rings. The third-order valence-electron chi connectivity index (χ3n) is 5.25. The molecule has 1 aliphatic rings. The fourth-order valence-electron chi connectivity index (χ4n) is 3.76. The van der Waals surface area contributed by atoms with Gasteiger partial charge >= 0.3 is 6.18 Å². The maximum atomic E-state index is 12.8. The number of aryl methyl sites for hydroxylation is 3. The van der Waals surface area contributed by atoms with Crippen LogP contribution >= 0.6 is 0 Å². The summed E-state index contributed by atoms with van der Waals surface area (Å²) in [6, 6.07) is 5.73. The number of tetrazole rings is 1. The van der Waals surface area contributed by atoms with Crippen LogP contribution in [-0.4, -0.2) is 44.7 Å². The summed E-state index contributed by atoms with van der Waals surface area (Å²) in [5.41, 5.74) is 0.222. The van der Waals surface area contributed by atoms with E-state index in [0.717, 1.165) is 69.3 Å². The molecule has 0 saturated carbocycles. The monoisotopic (exact) mass is 381 g/mol. The molecule has 8 heteroatoms. The highest BCUT2D eigenvalue weighted by Gasteiger charge is 2.30. The molecule has 5 nitrogen and oxygen atoms in total. The topological polar surface area (TPSA) is 46.8 Å². The Labute approximate surface area is 157 Å². The summed E-state index contributed by atoms with van der Waals surface area (Å²) in [4.78, 5) is 2.46. The van der Waals surface area contributed by atoms with Crippen LogP contribution in [0, 0.1) is 12.8 Å². The first-order valence-electron chi connectivity index (χ1n) is 9.53. The molecule has 1 saturated heterocycles. The van der Waals surface area contributed by atoms with E-state index in [9.17, 15) is 13.2 Å². The maximum absolute atomic E-state index is 12.8. The fourth-order valence-corrected chi connectivity index (χ4v) is 3.76. The summed E-state index contributed by atoms with van der Waals surface area (Å²) in [5.74, 6) is 1.37. The Kier molecular flexibility index (Phi) is 6.46. The van der Waals surface area contributed by atoms with Gasteiger partial charge in [-0.15, -0.1) is 5.10 Å². The zero-order valence-electron chi connectivity index (χ0n) is 15.6. The predicted molar refractivity (Wildman–Crippen MR) is 96.1 cm³/mol. The lowest BCUT2D eigenvalue weighted by atomic mass is 9.91. The van der Waals surface area contributed by atoms with Gasteiger partial charge in [0.2, 0.25) is 0 Å². The maximum Gasteiger partial charge on any atom is 0.416 e. The van der Waals surface area contributed by atoms with Crippen molar-refractivity contribution in [2.75, 3.05) is 19.6 Å². The molecule has 1 atom stereocenters. The van der Waals surface area contributed by atoms with Crippen molar-refractivity contribution in [1.29, 1.82) is 0 Å². The van der Waals surface area contributed by atoms with E-state index in [0.29, 0.717) is 12.3 Å². The molecule has 0 N–H and O–H groups in total. The van der Waals surface area contributed by atoms with Crippen LogP contribution in [0.3, 0.4) is 0 Å². The zero-order valence-corrected chi connectivity index (χ0v) is 15.6. The Balaban J connectivity index is 1.44. The Hall–Kier alpha value is -1.96. The largest absolute Gasteiger partial charge is 0.416 e. The Morgan fingerprint density at radius 1 is 1.22 bits per heavy atom. The van der Waals surface area contributed by atoms with Crippen LogP contribution in [0.25, 0.3) is 0 Å². The first-order chi connectivity index (χ1) is 12.9. The zero-order chi connectivity index (χ0) is 19.3. The van der Waals surface area contributed by atoms with Crippen molar-refractivity contribution in [3.63, 3.8) is 0 Å². The first-order valence-corrected chi connectivity index (χ1v) is 9.53. The molecule has 148 valence electrons. The second-order valence-electron chi connectivity index (χ2n) is 7.35. The quantitative estimate of drug-likeness (QED) is 0.733. The van der Waals surface area contributed by atoms with Gasteiger partial charge in [0, 0.05) is 13.1 Å². The Morgan fingerprint density at radius 3 is 2.81 bits per heavy atom. The SMILES string of the molecule is Cc1nnnn1CCCN1CCC[C@H](CCc2cccc(C(F)(F)F)c2)C1. The summed E-state index contributed by atoms with van der Waals surface area (Å²) in [6.45, 7) is 5.82. The number of alkyl halides is 3. The number of rotatable bonds is 7. The fraction of sp³-hybridized carbons (Fsp3) is 0.632. The molecule has 3 rings (SSSR count). The lowest BCUT2D eigenvalue weighted by molar-refractivity contribution is -0.137. The van der Waals surface area contributed by atoms with E-state index in [1.165, 1.54) is 12.1 Å². The lowest BCUT2D eigenvalue weighted by Crippen LogP contribution is -2.36. The summed E-state index contributed by atoms with van der Waals surface area (Å²) in [7, 11) is 0. The molecular weight excluding hydrogens is 355 g/mol. The van der Waals surface area contributed by atoms with Crippen molar-refractivity contribution in [1.82, 2.24) is 25.1 Å². The smallest absolute Gasteiger partial charge is 0.303 e. The molecule has 0 spiro atoms. The van der Waals surface area contributed by atoms with E-state index in [-0.39, 0.29) is 0 Å². The highest BCUT2D eigenvalue weighted by Crippen LogP contribution is 2.30. The van der Waals surface area contributed by atoms with Gasteiger partial charge in [0.15, 0.2) is 0 Å². The number of hydrogen-bond donors (Lipinski definition) is 0. The number of hydrogen-bond acceptors (Lipinski definition) is 4. The van der Waals surface area contributed by atoms with E-state index < -0.39 is 11.7 Å². The van der Waals surface area contributed by atoms with Crippen LogP contribution in [0.2, 0.25) is 0 Å². The van der Waals surface area contributed by atoms with Gasteiger partial charge in [0.25, 0.3) is 0 Å². The van der Waals surface area contributed by atoms with E-state index in [1.54, 1.807) is 6.07 Å². The van der Waals surface area contributed by atoms with Gasteiger partial charge in [0.05, 0.1) is 5.56 Å². The van der Waals surface area contributed by atoms with Crippen LogP contribution < -0.4 is 0 Å². The van der Waals surface area contributed by atoms with Crippen molar-refractivity contribution in [3.8, 4) is 0 Å². The molecule has 0 amide bonds. The molecular formula is C19H26F3N5. The van der Waals surface area contributed by atoms with Crippen LogP contribution in [0.1, 0.15) is 42.6 Å². The third kappa shape index (κ3) is 5.76. The predicted octanol–water partition coefficient (Wildman–Crippen LogP) is 3.74. The van der Waals surface area contributed by atoms with Gasteiger partial charge in [-0.1, -0.05) is 18.2 Å². The molecule has 0 radical (unpaired) electrons. The highest BCUT2D eigenvalue weighted by molar-refractivity contribution is 5.25. The van der Waals surface area contributed by atoms with Gasteiger partial charge in [-0.25, -0.2) is 4.68 Å². The minimum Gasteiger partial charge on any atom is -0.303 e. The molecule has 1 aliphatic heterocycles. The molecule has 0 unspecified atom stereocenters. The minimum absolute atomic E-state index is 0.545. The molecule has 0 aliphatic carbocycles. The van der Waals surface area contributed by atoms with Crippen molar-refractivity contribution < 1.29 is 13.2 Å². The normalized spacial score (nSPS) is 18.7. The van der Waals surface area contributed by atoms with Crippen molar-refractivity contribution >= 4 is 0 Å². The van der Waals surface area contributed by atoms with Crippen LogP contribution in [-0.2, 0) is 19.1 Å². The van der Waals surface area contributed by atoms with E-state index in [4.69, 9.17) is 0 Å². The molecule has 2 aromatic rings. The molecule has 1 aromatic carbocycles. The van der Waals surface area contributed by atoms with Gasteiger partial charge in [-0.05, 0) is 80.1 Å². The van der Waals surface area contributed by atoms with E-state index in [1.807, 2.05) is 11.6 Å². The average Bonchev–Trinajstić information content (AvgIpc) is 3.05. The number of likely N-dealkylation sites (tertiary alicyclic amines) is 1. The second-order valence-corrected chi connectivity index (χ2v) is 7.35. The Bertz CT molecular complexity index is 728. The number of aromatic nitrogens is 4. The summed E-state index contributed by atoms with van der Waals surface area (Å²) in [5, 5.41) is 11.5. The highest BCUT2D eigenvalue weighted by atomic mass is 19.4. The van der Waals surface area contributed by atoms with Crippen LogP contribution in [0.4, 0.5) is 13.2 Å². The van der Waals surface area contributed by atoms with E-state index in [2.05, 4.69) is 20.4 Å². The van der Waals surface area contributed by atoms with Crippen molar-refractivity contribution in [2.45, 2.75) is 51.7 Å². The number of benzene rings is 1. The minimum atomic E-state index is -4.27. The summed E-state index contributed by atoms with van der Waals surface area (Å²) in [6.07, 6.45) is 0.663. The van der Waals surface area contributed by atoms with Crippen LogP contribution in [0.15, 0.2) is 24.3 Å². The first kappa shape index (κ1) is 19.8.